The molecule has 3 nitrogen and oxygen atoms in total. The van der Waals surface area contributed by atoms with Crippen LogP contribution in [0, 0.1) is 0 Å². The van der Waals surface area contributed by atoms with E-state index < -0.39 is 0 Å². The summed E-state index contributed by atoms with van der Waals surface area (Å²) in [6, 6.07) is 17.1. The first-order valence-corrected chi connectivity index (χ1v) is 9.85. The van der Waals surface area contributed by atoms with Gasteiger partial charge in [-0.2, -0.15) is 0 Å². The molecule has 138 valence electrons. The van der Waals surface area contributed by atoms with Crippen LogP contribution in [0.3, 0.4) is 0 Å². The number of fused-ring (bicyclic) bond motifs is 2. The van der Waals surface area contributed by atoms with Crippen LogP contribution < -0.4 is 4.74 Å². The fourth-order valence-corrected chi connectivity index (χ4v) is 5.05. The Balaban J connectivity index is 1.44. The standard InChI is InChI=1S/C23H29NO2/c1-26-22-9-2-5-18(15-22)10-13-24-14-12-23(11-4-7-20(24)17-23)19-6-3-8-21(25)16-19/h2-3,5-6,8-9,15-16,20,25H,4,7,10-14,17H2,1H3/t20-,23+/m1/s1. The third-order valence-corrected chi connectivity index (χ3v) is 6.49. The third kappa shape index (κ3) is 3.45. The number of hydrogen-bond acceptors (Lipinski definition) is 3. The molecule has 2 bridgehead atoms. The fourth-order valence-electron chi connectivity index (χ4n) is 5.05. The molecular weight excluding hydrogens is 322 g/mol. The van der Waals surface area contributed by atoms with Gasteiger partial charge in [0.1, 0.15) is 11.5 Å². The molecule has 3 heteroatoms. The molecule has 4 rings (SSSR count). The van der Waals surface area contributed by atoms with Gasteiger partial charge in [-0.3, -0.25) is 4.90 Å². The van der Waals surface area contributed by atoms with Crippen LogP contribution in [0.2, 0.25) is 0 Å². The molecule has 0 radical (unpaired) electrons. The number of nitrogens with zero attached hydrogens (tertiary/aromatic N) is 1. The van der Waals surface area contributed by atoms with Crippen LogP contribution in [0.1, 0.15) is 43.2 Å². The van der Waals surface area contributed by atoms with Crippen LogP contribution in [0.25, 0.3) is 0 Å². The van der Waals surface area contributed by atoms with E-state index in [4.69, 9.17) is 4.74 Å². The molecule has 2 atom stereocenters. The first-order valence-electron chi connectivity index (χ1n) is 9.85. The molecule has 26 heavy (non-hydrogen) atoms. The molecule has 2 aromatic rings. The van der Waals surface area contributed by atoms with Gasteiger partial charge in [0.25, 0.3) is 0 Å². The highest BCUT2D eigenvalue weighted by molar-refractivity contribution is 5.34. The largest absolute Gasteiger partial charge is 0.508 e. The van der Waals surface area contributed by atoms with E-state index in [9.17, 15) is 5.11 Å². The maximum Gasteiger partial charge on any atom is 0.119 e. The number of methoxy groups -OCH3 is 1. The van der Waals surface area contributed by atoms with Crippen molar-refractivity contribution in [2.45, 2.75) is 50.0 Å². The molecule has 1 aliphatic carbocycles. The highest BCUT2D eigenvalue weighted by Gasteiger charge is 2.43. The summed E-state index contributed by atoms with van der Waals surface area (Å²) in [5.74, 6) is 1.35. The van der Waals surface area contributed by atoms with Crippen LogP contribution in [-0.2, 0) is 11.8 Å². The molecule has 1 saturated carbocycles. The molecule has 1 saturated heterocycles. The second kappa shape index (κ2) is 7.32. The van der Waals surface area contributed by atoms with Gasteiger partial charge in [-0.25, -0.2) is 0 Å². The summed E-state index contributed by atoms with van der Waals surface area (Å²) in [6.45, 7) is 2.28. The summed E-state index contributed by atoms with van der Waals surface area (Å²) >= 11 is 0. The van der Waals surface area contributed by atoms with Crippen molar-refractivity contribution in [3.8, 4) is 11.5 Å². The van der Waals surface area contributed by atoms with Crippen LogP contribution in [0.5, 0.6) is 11.5 Å². The van der Waals surface area contributed by atoms with E-state index in [1.54, 1.807) is 13.2 Å². The molecule has 1 N–H and O–H groups in total. The smallest absolute Gasteiger partial charge is 0.119 e. The normalized spacial score (nSPS) is 25.8. The van der Waals surface area contributed by atoms with Gasteiger partial charge in [-0.15, -0.1) is 0 Å². The van der Waals surface area contributed by atoms with E-state index in [0.717, 1.165) is 25.3 Å². The Morgan fingerprint density at radius 2 is 2.04 bits per heavy atom. The number of likely N-dealkylation sites (tertiary alicyclic amines) is 1. The summed E-state index contributed by atoms with van der Waals surface area (Å²) in [5, 5.41) is 9.92. The second-order valence-corrected chi connectivity index (χ2v) is 7.97. The Hall–Kier alpha value is -2.00. The summed E-state index contributed by atoms with van der Waals surface area (Å²) in [5.41, 5.74) is 2.97. The summed E-state index contributed by atoms with van der Waals surface area (Å²) in [4.78, 5) is 2.69. The summed E-state index contributed by atoms with van der Waals surface area (Å²) in [7, 11) is 1.73. The van der Waals surface area contributed by atoms with E-state index in [-0.39, 0.29) is 5.41 Å². The topological polar surface area (TPSA) is 32.7 Å². The van der Waals surface area contributed by atoms with Gasteiger partial charge in [-0.05, 0) is 79.5 Å². The lowest BCUT2D eigenvalue weighted by Gasteiger charge is -2.51. The molecule has 0 amide bonds. The zero-order valence-electron chi connectivity index (χ0n) is 15.7. The molecule has 0 spiro atoms. The summed E-state index contributed by atoms with van der Waals surface area (Å²) in [6.07, 6.45) is 7.36. The van der Waals surface area contributed by atoms with E-state index in [2.05, 4.69) is 29.2 Å². The predicted molar refractivity (Wildman–Crippen MR) is 105 cm³/mol. The minimum absolute atomic E-state index is 0.272. The van der Waals surface area contributed by atoms with Crippen LogP contribution in [0.4, 0.5) is 0 Å². The quantitative estimate of drug-likeness (QED) is 0.859. The van der Waals surface area contributed by atoms with Gasteiger partial charge in [0.15, 0.2) is 0 Å². The van der Waals surface area contributed by atoms with Gasteiger partial charge in [0, 0.05) is 12.6 Å². The molecule has 2 aliphatic rings. The number of phenols is 1. The zero-order chi connectivity index (χ0) is 18.0. The maximum absolute atomic E-state index is 9.92. The Labute approximate surface area is 156 Å². The van der Waals surface area contributed by atoms with E-state index in [1.807, 2.05) is 18.2 Å². The monoisotopic (exact) mass is 351 g/mol. The molecular formula is C23H29NO2. The molecule has 0 aromatic heterocycles. The Bertz CT molecular complexity index is 759. The minimum atomic E-state index is 0.272. The predicted octanol–water partition coefficient (Wildman–Crippen LogP) is 4.53. The van der Waals surface area contributed by atoms with Gasteiger partial charge >= 0.3 is 0 Å². The lowest BCUT2D eigenvalue weighted by Crippen LogP contribution is -2.52. The van der Waals surface area contributed by atoms with Crippen LogP contribution in [0.15, 0.2) is 48.5 Å². The molecule has 0 unspecified atom stereocenters. The lowest BCUT2D eigenvalue weighted by atomic mass is 9.63. The molecule has 1 heterocycles. The SMILES string of the molecule is COc1cccc(CCN2CC[C@@]3(c4cccc(O)c4)CCC[C@@H]2C3)c1. The van der Waals surface area contributed by atoms with Gasteiger partial charge in [0.05, 0.1) is 7.11 Å². The average molecular weight is 351 g/mol. The molecule has 2 fully saturated rings. The first kappa shape index (κ1) is 17.4. The van der Waals surface area contributed by atoms with Crippen molar-refractivity contribution in [1.82, 2.24) is 4.90 Å². The van der Waals surface area contributed by atoms with Crippen LogP contribution >= 0.6 is 0 Å². The Kier molecular flexibility index (Phi) is 4.90. The maximum atomic E-state index is 9.92. The zero-order valence-corrected chi connectivity index (χ0v) is 15.7. The summed E-state index contributed by atoms with van der Waals surface area (Å²) < 4.78 is 5.35. The second-order valence-electron chi connectivity index (χ2n) is 7.97. The van der Waals surface area contributed by atoms with Crippen molar-refractivity contribution in [2.75, 3.05) is 20.2 Å². The number of benzene rings is 2. The van der Waals surface area contributed by atoms with Crippen molar-refractivity contribution in [2.24, 2.45) is 0 Å². The Morgan fingerprint density at radius 3 is 2.88 bits per heavy atom. The average Bonchev–Trinajstić information content (AvgIpc) is 2.68. The van der Waals surface area contributed by atoms with Crippen molar-refractivity contribution in [3.63, 3.8) is 0 Å². The Morgan fingerprint density at radius 1 is 1.15 bits per heavy atom. The van der Waals surface area contributed by atoms with Gasteiger partial charge in [0.2, 0.25) is 0 Å². The lowest BCUT2D eigenvalue weighted by molar-refractivity contribution is 0.0524. The van der Waals surface area contributed by atoms with E-state index in [1.165, 1.54) is 43.2 Å². The minimum Gasteiger partial charge on any atom is -0.508 e. The number of aromatic hydroxyl groups is 1. The van der Waals surface area contributed by atoms with Gasteiger partial charge < -0.3 is 9.84 Å². The number of hydrogen-bond donors (Lipinski definition) is 1. The highest BCUT2D eigenvalue weighted by atomic mass is 16.5. The van der Waals surface area contributed by atoms with Gasteiger partial charge in [-0.1, -0.05) is 30.7 Å². The van der Waals surface area contributed by atoms with Crippen molar-refractivity contribution >= 4 is 0 Å². The number of phenolic OH excluding ortho intramolecular Hbond substituents is 1. The highest BCUT2D eigenvalue weighted by Crippen LogP contribution is 2.47. The van der Waals surface area contributed by atoms with Crippen molar-refractivity contribution < 1.29 is 9.84 Å². The van der Waals surface area contributed by atoms with Crippen LogP contribution in [-0.4, -0.2) is 36.2 Å². The number of piperidine rings is 1. The number of rotatable bonds is 5. The first-order chi connectivity index (χ1) is 12.7. The molecule has 1 aliphatic heterocycles. The fraction of sp³-hybridized carbons (Fsp3) is 0.478. The third-order valence-electron chi connectivity index (χ3n) is 6.49. The molecule has 2 aromatic carbocycles. The van der Waals surface area contributed by atoms with E-state index in [0.29, 0.717) is 11.8 Å². The number of ether oxygens (including phenoxy) is 1. The van der Waals surface area contributed by atoms with E-state index >= 15 is 0 Å². The van der Waals surface area contributed by atoms with Crippen molar-refractivity contribution in [3.05, 3.63) is 59.7 Å². The van der Waals surface area contributed by atoms with Crippen molar-refractivity contribution in [1.29, 1.82) is 0 Å².